The van der Waals surface area contributed by atoms with Gasteiger partial charge in [-0.1, -0.05) is 74.3 Å². The summed E-state index contributed by atoms with van der Waals surface area (Å²) in [5, 5.41) is 17.0. The third kappa shape index (κ3) is 6.76. The maximum atomic E-state index is 15.9. The first-order chi connectivity index (χ1) is 20.5. The highest BCUT2D eigenvalue weighted by Gasteiger charge is 2.61. The Labute approximate surface area is 266 Å². The molecular weight excluding hydrogens is 607 g/mol. The number of nitrogens with zero attached hydrogens (tertiary/aromatic N) is 1. The van der Waals surface area contributed by atoms with Gasteiger partial charge in [0.1, 0.15) is 22.7 Å². The van der Waals surface area contributed by atoms with Crippen LogP contribution >= 0.6 is 23.2 Å². The highest BCUT2D eigenvalue weighted by atomic mass is 35.5. The molecule has 4 rings (SSSR count). The Bertz CT molecular complexity index is 1630. The number of carbonyl (C=O) groups excluding carboxylic acids is 2. The number of para-hydroxylation sites is 1. The standard InChI is InChI=1S/C34H35Cl2F2N3O3/c1-32(2,3)17-26-34(18-39,22-15-14-19(35)16-24(22)37)27(21-11-9-12-23(36)28(21)38)29(41-26)30(42)40-25-13-8-7-10-20(25)31(43)44-33(4,5)6/h7-16,26-27,29,41H,17H2,1-6H3,(H,40,42). The third-order valence-corrected chi connectivity index (χ3v) is 8.06. The quantitative estimate of drug-likeness (QED) is 0.265. The van der Waals surface area contributed by atoms with Crippen molar-refractivity contribution < 1.29 is 23.1 Å². The van der Waals surface area contributed by atoms with Crippen molar-refractivity contribution in [2.45, 2.75) is 77.0 Å². The number of carbonyl (C=O) groups is 2. The Hall–Kier alpha value is -3.51. The van der Waals surface area contributed by atoms with E-state index in [1.807, 2.05) is 20.8 Å². The Morgan fingerprint density at radius 3 is 2.32 bits per heavy atom. The molecule has 2 N–H and O–H groups in total. The lowest BCUT2D eigenvalue weighted by atomic mass is 9.62. The van der Waals surface area contributed by atoms with Gasteiger partial charge >= 0.3 is 5.97 Å². The molecule has 6 nitrogen and oxygen atoms in total. The zero-order valence-electron chi connectivity index (χ0n) is 25.4. The molecule has 1 saturated heterocycles. The van der Waals surface area contributed by atoms with Gasteiger partial charge in [0.05, 0.1) is 28.4 Å². The molecule has 1 amide bonds. The molecule has 1 aliphatic heterocycles. The summed E-state index contributed by atoms with van der Waals surface area (Å²) in [5.41, 5.74) is -2.74. The number of nitriles is 1. The lowest BCUT2D eigenvalue weighted by Gasteiger charge is -2.37. The van der Waals surface area contributed by atoms with Gasteiger partial charge in [0.15, 0.2) is 0 Å². The van der Waals surface area contributed by atoms with E-state index in [0.717, 1.165) is 6.07 Å². The first-order valence-corrected chi connectivity index (χ1v) is 14.9. The molecule has 1 heterocycles. The Kier molecular flexibility index (Phi) is 9.46. The molecule has 0 radical (unpaired) electrons. The van der Waals surface area contributed by atoms with Crippen LogP contribution in [0.3, 0.4) is 0 Å². The second-order valence-electron chi connectivity index (χ2n) is 13.2. The number of anilines is 1. The van der Waals surface area contributed by atoms with Crippen molar-refractivity contribution in [3.05, 3.63) is 99.0 Å². The van der Waals surface area contributed by atoms with Crippen LogP contribution in [0, 0.1) is 28.4 Å². The van der Waals surface area contributed by atoms with Gasteiger partial charge in [-0.2, -0.15) is 5.26 Å². The van der Waals surface area contributed by atoms with Crippen LogP contribution in [-0.4, -0.2) is 29.6 Å². The number of nitrogens with one attached hydrogen (secondary N) is 2. The number of amides is 1. The van der Waals surface area contributed by atoms with Gasteiger partial charge in [-0.25, -0.2) is 13.6 Å². The van der Waals surface area contributed by atoms with Gasteiger partial charge in [-0.3, -0.25) is 4.79 Å². The molecule has 10 heteroatoms. The van der Waals surface area contributed by atoms with Crippen LogP contribution in [0.4, 0.5) is 14.5 Å². The van der Waals surface area contributed by atoms with Crippen molar-refractivity contribution in [2.24, 2.45) is 5.41 Å². The third-order valence-electron chi connectivity index (χ3n) is 7.54. The maximum Gasteiger partial charge on any atom is 0.340 e. The van der Waals surface area contributed by atoms with E-state index in [4.69, 9.17) is 27.9 Å². The second-order valence-corrected chi connectivity index (χ2v) is 14.1. The van der Waals surface area contributed by atoms with Crippen LogP contribution in [0.1, 0.15) is 75.4 Å². The monoisotopic (exact) mass is 641 g/mol. The zero-order valence-corrected chi connectivity index (χ0v) is 26.9. The molecular formula is C34H35Cl2F2N3O3. The minimum Gasteiger partial charge on any atom is -0.456 e. The van der Waals surface area contributed by atoms with E-state index in [-0.39, 0.29) is 32.4 Å². The summed E-state index contributed by atoms with van der Waals surface area (Å²) in [6, 6.07) is 14.9. The van der Waals surface area contributed by atoms with Gasteiger partial charge in [0, 0.05) is 22.5 Å². The number of hydrogen-bond donors (Lipinski definition) is 2. The summed E-state index contributed by atoms with van der Waals surface area (Å²) >= 11 is 12.3. The van der Waals surface area contributed by atoms with Crippen molar-refractivity contribution in [3.8, 4) is 6.07 Å². The average Bonchev–Trinajstić information content (AvgIpc) is 3.22. The summed E-state index contributed by atoms with van der Waals surface area (Å²) in [6.07, 6.45) is 0.319. The summed E-state index contributed by atoms with van der Waals surface area (Å²) in [6.45, 7) is 11.0. The minimum atomic E-state index is -1.78. The lowest BCUT2D eigenvalue weighted by molar-refractivity contribution is -0.118. The first kappa shape index (κ1) is 33.4. The van der Waals surface area contributed by atoms with Crippen LogP contribution in [0.2, 0.25) is 10.0 Å². The van der Waals surface area contributed by atoms with Gasteiger partial charge in [0.2, 0.25) is 5.91 Å². The Morgan fingerprint density at radius 2 is 1.70 bits per heavy atom. The SMILES string of the molecule is CC(C)(C)CC1NC(C(=O)Nc2ccccc2C(=O)OC(C)(C)C)C(c2cccc(Cl)c2F)C1(C#N)c1ccc(Cl)cc1F. The number of ether oxygens (including phenoxy) is 1. The van der Waals surface area contributed by atoms with Crippen LogP contribution in [0.25, 0.3) is 0 Å². The molecule has 0 bridgehead atoms. The van der Waals surface area contributed by atoms with E-state index in [1.165, 1.54) is 36.4 Å². The molecule has 0 aromatic heterocycles. The highest BCUT2D eigenvalue weighted by Crippen LogP contribution is 2.53. The van der Waals surface area contributed by atoms with Crippen molar-refractivity contribution in [1.82, 2.24) is 5.32 Å². The summed E-state index contributed by atoms with van der Waals surface area (Å²) in [4.78, 5) is 27.2. The van der Waals surface area contributed by atoms with Crippen LogP contribution in [-0.2, 0) is 14.9 Å². The van der Waals surface area contributed by atoms with Crippen LogP contribution in [0.5, 0.6) is 0 Å². The number of halogens is 4. The largest absolute Gasteiger partial charge is 0.456 e. The predicted octanol–water partition coefficient (Wildman–Crippen LogP) is 8.19. The van der Waals surface area contributed by atoms with Crippen LogP contribution < -0.4 is 10.6 Å². The first-order valence-electron chi connectivity index (χ1n) is 14.2. The van der Waals surface area contributed by atoms with Crippen molar-refractivity contribution >= 4 is 40.8 Å². The number of esters is 1. The maximum absolute atomic E-state index is 15.9. The normalized spacial score (nSPS) is 21.9. The van der Waals surface area contributed by atoms with Gasteiger partial charge in [0.25, 0.3) is 0 Å². The fourth-order valence-electron chi connectivity index (χ4n) is 5.87. The number of rotatable bonds is 6. The molecule has 3 aromatic rings. The summed E-state index contributed by atoms with van der Waals surface area (Å²) < 4.78 is 37.2. The van der Waals surface area contributed by atoms with E-state index >= 15 is 8.78 Å². The number of hydrogen-bond acceptors (Lipinski definition) is 5. The van der Waals surface area contributed by atoms with E-state index in [0.29, 0.717) is 6.42 Å². The fraction of sp³-hybridized carbons (Fsp3) is 0.382. The minimum absolute atomic E-state index is 0.0278. The number of benzene rings is 3. The summed E-state index contributed by atoms with van der Waals surface area (Å²) in [5.74, 6) is -4.13. The topological polar surface area (TPSA) is 91.2 Å². The van der Waals surface area contributed by atoms with Crippen molar-refractivity contribution in [3.63, 3.8) is 0 Å². The van der Waals surface area contributed by atoms with Crippen molar-refractivity contribution in [1.29, 1.82) is 5.26 Å². The Morgan fingerprint density at radius 1 is 1.02 bits per heavy atom. The van der Waals surface area contributed by atoms with E-state index in [2.05, 4.69) is 16.7 Å². The molecule has 4 atom stereocenters. The molecule has 3 aromatic carbocycles. The fourth-order valence-corrected chi connectivity index (χ4v) is 6.21. The van der Waals surface area contributed by atoms with Crippen LogP contribution in [0.15, 0.2) is 60.7 Å². The van der Waals surface area contributed by atoms with Gasteiger partial charge in [-0.05, 0) is 68.5 Å². The smallest absolute Gasteiger partial charge is 0.340 e. The van der Waals surface area contributed by atoms with E-state index < -0.39 is 57.9 Å². The highest BCUT2D eigenvalue weighted by molar-refractivity contribution is 6.31. The predicted molar refractivity (Wildman–Crippen MR) is 168 cm³/mol. The average molecular weight is 643 g/mol. The zero-order chi connectivity index (χ0) is 32.6. The lowest BCUT2D eigenvalue weighted by Crippen LogP contribution is -2.45. The second kappa shape index (κ2) is 12.5. The van der Waals surface area contributed by atoms with Gasteiger partial charge < -0.3 is 15.4 Å². The molecule has 0 aliphatic carbocycles. The van der Waals surface area contributed by atoms with Crippen molar-refractivity contribution in [2.75, 3.05) is 5.32 Å². The molecule has 44 heavy (non-hydrogen) atoms. The molecule has 1 aliphatic rings. The van der Waals surface area contributed by atoms with E-state index in [1.54, 1.807) is 39.0 Å². The molecule has 0 saturated carbocycles. The summed E-state index contributed by atoms with van der Waals surface area (Å²) in [7, 11) is 0. The molecule has 1 fully saturated rings. The Balaban J connectivity index is 1.92. The van der Waals surface area contributed by atoms with E-state index in [9.17, 15) is 14.9 Å². The molecule has 4 unspecified atom stereocenters. The molecule has 0 spiro atoms. The molecule has 232 valence electrons. The van der Waals surface area contributed by atoms with Gasteiger partial charge in [-0.15, -0.1) is 0 Å².